The van der Waals surface area contributed by atoms with Crippen molar-refractivity contribution >= 4 is 21.8 Å². The number of para-hydroxylation sites is 2. The summed E-state index contributed by atoms with van der Waals surface area (Å²) in [4.78, 5) is 0. The standard InChI is InChI=1S/C49H31N/c1-2-15-33(16-3-1)50-46-28-13-9-21-39(46)41-31-32(29-30-47(41)50)34-23-14-27-45-48(34)40-22-8-12-26-44(40)49(45)42-24-10-6-19-37(42)35-17-4-5-18-36(35)38-20-7-11-25-43(38)49/h1-31H. The van der Waals surface area contributed by atoms with Gasteiger partial charge in [-0.2, -0.15) is 0 Å². The Hall–Kier alpha value is -6.44. The van der Waals surface area contributed by atoms with E-state index in [4.69, 9.17) is 0 Å². The summed E-state index contributed by atoms with van der Waals surface area (Å²) >= 11 is 0. The van der Waals surface area contributed by atoms with Gasteiger partial charge in [0.05, 0.1) is 16.4 Å². The summed E-state index contributed by atoms with van der Waals surface area (Å²) in [6.45, 7) is 0. The van der Waals surface area contributed by atoms with Crippen molar-refractivity contribution in [2.24, 2.45) is 0 Å². The molecule has 0 amide bonds. The van der Waals surface area contributed by atoms with Gasteiger partial charge in [0.1, 0.15) is 0 Å². The number of nitrogens with zero attached hydrogens (tertiary/aromatic N) is 1. The second-order valence-corrected chi connectivity index (χ2v) is 13.6. The minimum Gasteiger partial charge on any atom is -0.309 e. The Morgan fingerprint density at radius 2 is 0.820 bits per heavy atom. The molecule has 0 radical (unpaired) electrons. The van der Waals surface area contributed by atoms with Crippen LogP contribution in [0.3, 0.4) is 0 Å². The monoisotopic (exact) mass is 633 g/mol. The molecule has 11 rings (SSSR count). The van der Waals surface area contributed by atoms with E-state index in [1.165, 1.54) is 94.3 Å². The zero-order valence-corrected chi connectivity index (χ0v) is 27.3. The van der Waals surface area contributed by atoms with Crippen LogP contribution in [0.4, 0.5) is 0 Å². The molecule has 0 N–H and O–H groups in total. The zero-order valence-electron chi connectivity index (χ0n) is 27.3. The van der Waals surface area contributed by atoms with Crippen molar-refractivity contribution in [2.75, 3.05) is 0 Å². The van der Waals surface area contributed by atoms with E-state index in [1.807, 2.05) is 0 Å². The summed E-state index contributed by atoms with van der Waals surface area (Å²) in [5.41, 5.74) is 18.8. The predicted molar refractivity (Wildman–Crippen MR) is 208 cm³/mol. The SMILES string of the molecule is c1ccc(-n2c3ccccc3c3cc(-c4cccc5c4-c4ccccc4C54c5ccccc5-c5ccccc5-c5ccccc54)ccc32)cc1. The number of aromatic nitrogens is 1. The molecule has 50 heavy (non-hydrogen) atoms. The Morgan fingerprint density at radius 1 is 0.320 bits per heavy atom. The maximum Gasteiger partial charge on any atom is 0.0725 e. The molecular formula is C49H31N. The highest BCUT2D eigenvalue weighted by Gasteiger charge is 2.50. The van der Waals surface area contributed by atoms with Crippen molar-refractivity contribution in [3.05, 3.63) is 210 Å². The van der Waals surface area contributed by atoms with Crippen LogP contribution in [0.1, 0.15) is 22.3 Å². The van der Waals surface area contributed by atoms with Crippen LogP contribution >= 0.6 is 0 Å². The molecule has 0 unspecified atom stereocenters. The molecule has 1 spiro atoms. The maximum atomic E-state index is 2.42. The summed E-state index contributed by atoms with van der Waals surface area (Å²) in [5, 5.41) is 2.53. The van der Waals surface area contributed by atoms with Crippen molar-refractivity contribution in [2.45, 2.75) is 5.41 Å². The third-order valence-corrected chi connectivity index (χ3v) is 11.2. The van der Waals surface area contributed by atoms with E-state index < -0.39 is 5.41 Å². The Labute approximate surface area is 291 Å². The summed E-state index contributed by atoms with van der Waals surface area (Å²) in [5.74, 6) is 0. The summed E-state index contributed by atoms with van der Waals surface area (Å²) in [6, 6.07) is 69.9. The molecule has 0 atom stereocenters. The van der Waals surface area contributed by atoms with E-state index in [9.17, 15) is 0 Å². The number of rotatable bonds is 2. The van der Waals surface area contributed by atoms with Gasteiger partial charge in [0.25, 0.3) is 0 Å². The fourth-order valence-electron chi connectivity index (χ4n) is 9.33. The molecule has 1 heteroatoms. The summed E-state index contributed by atoms with van der Waals surface area (Å²) in [7, 11) is 0. The molecule has 1 nitrogen and oxygen atoms in total. The maximum absolute atomic E-state index is 2.42. The van der Waals surface area contributed by atoms with Gasteiger partial charge in [-0.15, -0.1) is 0 Å². The van der Waals surface area contributed by atoms with E-state index in [1.54, 1.807) is 0 Å². The Balaban J connectivity index is 1.24. The van der Waals surface area contributed by atoms with Gasteiger partial charge in [0.15, 0.2) is 0 Å². The minimum absolute atomic E-state index is 0.485. The van der Waals surface area contributed by atoms with E-state index in [2.05, 4.69) is 193 Å². The van der Waals surface area contributed by atoms with Crippen LogP contribution < -0.4 is 0 Å². The molecule has 2 aliphatic rings. The van der Waals surface area contributed by atoms with E-state index in [-0.39, 0.29) is 0 Å². The van der Waals surface area contributed by atoms with Crippen LogP contribution in [0.5, 0.6) is 0 Å². The van der Waals surface area contributed by atoms with Crippen LogP contribution in [-0.4, -0.2) is 4.57 Å². The Morgan fingerprint density at radius 3 is 1.52 bits per heavy atom. The van der Waals surface area contributed by atoms with E-state index in [0.29, 0.717) is 0 Å². The van der Waals surface area contributed by atoms with Gasteiger partial charge in [-0.1, -0.05) is 158 Å². The largest absolute Gasteiger partial charge is 0.309 e. The van der Waals surface area contributed by atoms with Crippen LogP contribution in [0, 0.1) is 0 Å². The van der Waals surface area contributed by atoms with Gasteiger partial charge in [0.2, 0.25) is 0 Å². The molecule has 8 aromatic carbocycles. The molecule has 0 saturated heterocycles. The quantitative estimate of drug-likeness (QED) is 0.178. The van der Waals surface area contributed by atoms with Gasteiger partial charge >= 0.3 is 0 Å². The number of hydrogen-bond donors (Lipinski definition) is 0. The summed E-state index contributed by atoms with van der Waals surface area (Å²) in [6.07, 6.45) is 0. The molecule has 0 aliphatic heterocycles. The second kappa shape index (κ2) is 10.3. The third-order valence-electron chi connectivity index (χ3n) is 11.2. The van der Waals surface area contributed by atoms with Crippen molar-refractivity contribution in [1.29, 1.82) is 0 Å². The normalized spacial score (nSPS) is 13.4. The summed E-state index contributed by atoms with van der Waals surface area (Å²) < 4.78 is 2.39. The fourth-order valence-corrected chi connectivity index (χ4v) is 9.33. The molecule has 9 aromatic rings. The highest BCUT2D eigenvalue weighted by molar-refractivity contribution is 6.11. The first kappa shape index (κ1) is 27.5. The lowest BCUT2D eigenvalue weighted by Crippen LogP contribution is -2.29. The van der Waals surface area contributed by atoms with Gasteiger partial charge in [0, 0.05) is 16.5 Å². The van der Waals surface area contributed by atoms with Crippen molar-refractivity contribution in [3.8, 4) is 50.2 Å². The molecule has 1 aromatic heterocycles. The van der Waals surface area contributed by atoms with Crippen LogP contribution in [0.15, 0.2) is 188 Å². The first-order valence-corrected chi connectivity index (χ1v) is 17.5. The molecule has 0 fully saturated rings. The van der Waals surface area contributed by atoms with Gasteiger partial charge in [-0.3, -0.25) is 0 Å². The van der Waals surface area contributed by atoms with E-state index in [0.717, 1.165) is 0 Å². The smallest absolute Gasteiger partial charge is 0.0725 e. The third kappa shape index (κ3) is 3.51. The first-order chi connectivity index (χ1) is 24.8. The highest BCUT2D eigenvalue weighted by Crippen LogP contribution is 2.62. The van der Waals surface area contributed by atoms with Crippen LogP contribution in [0.2, 0.25) is 0 Å². The number of hydrogen-bond acceptors (Lipinski definition) is 0. The van der Waals surface area contributed by atoms with Crippen molar-refractivity contribution in [1.82, 2.24) is 4.57 Å². The van der Waals surface area contributed by atoms with Crippen molar-refractivity contribution < 1.29 is 0 Å². The lowest BCUT2D eigenvalue weighted by atomic mass is 9.66. The highest BCUT2D eigenvalue weighted by atomic mass is 15.0. The lowest BCUT2D eigenvalue weighted by molar-refractivity contribution is 0.775. The van der Waals surface area contributed by atoms with Crippen molar-refractivity contribution in [3.63, 3.8) is 0 Å². The molecule has 1 heterocycles. The Bertz CT molecular complexity index is 2750. The van der Waals surface area contributed by atoms with Crippen LogP contribution in [0.25, 0.3) is 72.0 Å². The molecular weight excluding hydrogens is 603 g/mol. The van der Waals surface area contributed by atoms with Gasteiger partial charge in [-0.25, -0.2) is 0 Å². The fraction of sp³-hybridized carbons (Fsp3) is 0.0204. The molecule has 0 bridgehead atoms. The molecule has 232 valence electrons. The van der Waals surface area contributed by atoms with Crippen LogP contribution in [-0.2, 0) is 5.41 Å². The number of fused-ring (bicyclic) bond motifs is 15. The zero-order chi connectivity index (χ0) is 32.8. The predicted octanol–water partition coefficient (Wildman–Crippen LogP) is 12.5. The second-order valence-electron chi connectivity index (χ2n) is 13.6. The molecule has 2 aliphatic carbocycles. The lowest BCUT2D eigenvalue weighted by Gasteiger charge is -2.35. The van der Waals surface area contributed by atoms with Gasteiger partial charge < -0.3 is 4.57 Å². The minimum atomic E-state index is -0.485. The first-order valence-electron chi connectivity index (χ1n) is 17.5. The van der Waals surface area contributed by atoms with E-state index >= 15 is 0 Å². The average Bonchev–Trinajstić information content (AvgIpc) is 3.65. The van der Waals surface area contributed by atoms with Gasteiger partial charge in [-0.05, 0) is 97.1 Å². The Kier molecular flexibility index (Phi) is 5.66. The number of benzene rings is 8. The average molecular weight is 634 g/mol. The molecule has 0 saturated carbocycles. The topological polar surface area (TPSA) is 4.93 Å².